The van der Waals surface area contributed by atoms with Crippen molar-refractivity contribution in [3.63, 3.8) is 0 Å². The Bertz CT molecular complexity index is 814. The van der Waals surface area contributed by atoms with Crippen molar-refractivity contribution in [3.8, 4) is 22.8 Å². The van der Waals surface area contributed by atoms with Crippen molar-refractivity contribution in [3.05, 3.63) is 42.3 Å². The Morgan fingerprint density at radius 2 is 1.86 bits per heavy atom. The molecule has 2 heterocycles. The molecule has 0 bridgehead atoms. The molecule has 0 amide bonds. The topological polar surface area (TPSA) is 61.8 Å². The largest absolute Gasteiger partial charge is 0.493 e. The third kappa shape index (κ3) is 2.14. The molecule has 0 aliphatic heterocycles. The summed E-state index contributed by atoms with van der Waals surface area (Å²) in [4.78, 5) is 4.43. The number of methoxy groups -OCH3 is 2. The lowest BCUT2D eigenvalue weighted by atomic mass is 10.1. The third-order valence-corrected chi connectivity index (χ3v) is 3.28. The molecule has 0 unspecified atom stereocenters. The van der Waals surface area contributed by atoms with Crippen LogP contribution < -0.4 is 15.2 Å². The molecule has 2 aromatic heterocycles. The summed E-state index contributed by atoms with van der Waals surface area (Å²) in [7, 11) is 3.13. The number of aromatic nitrogens is 2. The standard InChI is InChI=1S/C15H14FN3O2/c1-20-11-5-3-9(7-12(11)21-2)14-15(17)19-8-10(16)4-6-13(19)18-14/h3-8H,17H2,1-2H3. The summed E-state index contributed by atoms with van der Waals surface area (Å²) in [6, 6.07) is 8.32. The smallest absolute Gasteiger partial charge is 0.161 e. The van der Waals surface area contributed by atoms with Crippen molar-refractivity contribution in [1.29, 1.82) is 0 Å². The molecule has 3 rings (SSSR count). The van der Waals surface area contributed by atoms with Crippen LogP contribution in [0.4, 0.5) is 10.2 Å². The molecule has 108 valence electrons. The zero-order chi connectivity index (χ0) is 15.0. The molecule has 2 N–H and O–H groups in total. The van der Waals surface area contributed by atoms with E-state index in [1.165, 1.54) is 16.7 Å². The van der Waals surface area contributed by atoms with Gasteiger partial charge in [0.05, 0.1) is 14.2 Å². The van der Waals surface area contributed by atoms with E-state index in [1.54, 1.807) is 32.4 Å². The molecule has 0 radical (unpaired) electrons. The van der Waals surface area contributed by atoms with E-state index < -0.39 is 0 Å². The highest BCUT2D eigenvalue weighted by Crippen LogP contribution is 2.34. The fourth-order valence-electron chi connectivity index (χ4n) is 2.23. The van der Waals surface area contributed by atoms with E-state index in [1.807, 2.05) is 6.07 Å². The Hall–Kier alpha value is -2.76. The van der Waals surface area contributed by atoms with Crippen molar-refractivity contribution in [2.45, 2.75) is 0 Å². The van der Waals surface area contributed by atoms with Gasteiger partial charge in [0, 0.05) is 11.8 Å². The SMILES string of the molecule is COc1ccc(-c2nc3ccc(F)cn3c2N)cc1OC. The fourth-order valence-corrected chi connectivity index (χ4v) is 2.23. The van der Waals surface area contributed by atoms with Crippen LogP contribution >= 0.6 is 0 Å². The van der Waals surface area contributed by atoms with Gasteiger partial charge in [-0.1, -0.05) is 0 Å². The molecule has 0 fully saturated rings. The van der Waals surface area contributed by atoms with Crippen LogP contribution in [0.5, 0.6) is 11.5 Å². The summed E-state index contributed by atoms with van der Waals surface area (Å²) in [5.74, 6) is 1.20. The van der Waals surface area contributed by atoms with Gasteiger partial charge in [-0.3, -0.25) is 4.40 Å². The summed E-state index contributed by atoms with van der Waals surface area (Å²) in [6.45, 7) is 0. The van der Waals surface area contributed by atoms with Gasteiger partial charge in [0.2, 0.25) is 0 Å². The molecule has 6 heteroatoms. The van der Waals surface area contributed by atoms with E-state index >= 15 is 0 Å². The lowest BCUT2D eigenvalue weighted by Crippen LogP contribution is -1.95. The molecule has 0 aliphatic rings. The molecule has 1 aromatic carbocycles. The number of halogens is 1. The maximum atomic E-state index is 13.3. The number of rotatable bonds is 3. The first-order valence-electron chi connectivity index (χ1n) is 6.29. The number of hydrogen-bond donors (Lipinski definition) is 1. The highest BCUT2D eigenvalue weighted by Gasteiger charge is 2.14. The van der Waals surface area contributed by atoms with Crippen LogP contribution in [0.25, 0.3) is 16.9 Å². The van der Waals surface area contributed by atoms with Crippen molar-refractivity contribution in [2.24, 2.45) is 0 Å². The maximum absolute atomic E-state index is 13.3. The third-order valence-electron chi connectivity index (χ3n) is 3.28. The number of fused-ring (bicyclic) bond motifs is 1. The first-order chi connectivity index (χ1) is 10.1. The highest BCUT2D eigenvalue weighted by atomic mass is 19.1. The van der Waals surface area contributed by atoms with Crippen LogP contribution in [-0.4, -0.2) is 23.6 Å². The van der Waals surface area contributed by atoms with Gasteiger partial charge < -0.3 is 15.2 Å². The van der Waals surface area contributed by atoms with Crippen molar-refractivity contribution in [1.82, 2.24) is 9.38 Å². The van der Waals surface area contributed by atoms with Gasteiger partial charge in [-0.2, -0.15) is 0 Å². The molecule has 0 aliphatic carbocycles. The maximum Gasteiger partial charge on any atom is 0.161 e. The van der Waals surface area contributed by atoms with Crippen LogP contribution in [0.15, 0.2) is 36.5 Å². The fraction of sp³-hybridized carbons (Fsp3) is 0.133. The Balaban J connectivity index is 2.18. The molecule has 0 atom stereocenters. The Kier molecular flexibility index (Phi) is 3.13. The zero-order valence-corrected chi connectivity index (χ0v) is 11.6. The molecule has 0 saturated carbocycles. The van der Waals surface area contributed by atoms with Crippen LogP contribution in [0.3, 0.4) is 0 Å². The quantitative estimate of drug-likeness (QED) is 0.804. The number of nitrogens with zero attached hydrogens (tertiary/aromatic N) is 2. The van der Waals surface area contributed by atoms with E-state index in [4.69, 9.17) is 15.2 Å². The number of nitrogens with two attached hydrogens (primary N) is 1. The van der Waals surface area contributed by atoms with Gasteiger partial charge in [-0.25, -0.2) is 9.37 Å². The molecule has 5 nitrogen and oxygen atoms in total. The summed E-state index contributed by atoms with van der Waals surface area (Å²) in [5.41, 5.74) is 7.99. The zero-order valence-electron chi connectivity index (χ0n) is 11.6. The predicted molar refractivity (Wildman–Crippen MR) is 78.1 cm³/mol. The van der Waals surface area contributed by atoms with Crippen LogP contribution in [0, 0.1) is 5.82 Å². The van der Waals surface area contributed by atoms with Crippen molar-refractivity contribution in [2.75, 3.05) is 20.0 Å². The van der Waals surface area contributed by atoms with Gasteiger partial charge in [0.15, 0.2) is 11.5 Å². The minimum atomic E-state index is -0.370. The van der Waals surface area contributed by atoms with Crippen molar-refractivity contribution >= 4 is 11.5 Å². The number of benzene rings is 1. The van der Waals surface area contributed by atoms with Gasteiger partial charge in [0.25, 0.3) is 0 Å². The average Bonchev–Trinajstić information content (AvgIpc) is 2.83. The number of anilines is 1. The minimum absolute atomic E-state index is 0.370. The normalized spacial score (nSPS) is 10.8. The van der Waals surface area contributed by atoms with Crippen LogP contribution in [0.2, 0.25) is 0 Å². The van der Waals surface area contributed by atoms with E-state index in [-0.39, 0.29) is 5.82 Å². The van der Waals surface area contributed by atoms with Crippen molar-refractivity contribution < 1.29 is 13.9 Å². The molecule has 0 saturated heterocycles. The van der Waals surface area contributed by atoms with E-state index in [2.05, 4.69) is 4.98 Å². The first-order valence-corrected chi connectivity index (χ1v) is 6.29. The van der Waals surface area contributed by atoms with E-state index in [9.17, 15) is 4.39 Å². The van der Waals surface area contributed by atoms with Gasteiger partial charge in [-0.05, 0) is 30.3 Å². The summed E-state index contributed by atoms with van der Waals surface area (Å²) < 4.78 is 25.3. The van der Waals surface area contributed by atoms with Crippen LogP contribution in [-0.2, 0) is 0 Å². The molecule has 21 heavy (non-hydrogen) atoms. The predicted octanol–water partition coefficient (Wildman–Crippen LogP) is 2.74. The minimum Gasteiger partial charge on any atom is -0.493 e. The average molecular weight is 287 g/mol. The Labute approximate surface area is 120 Å². The second kappa shape index (κ2) is 4.97. The first kappa shape index (κ1) is 13.2. The molecule has 3 aromatic rings. The van der Waals surface area contributed by atoms with Gasteiger partial charge >= 0.3 is 0 Å². The number of imidazole rings is 1. The van der Waals surface area contributed by atoms with Gasteiger partial charge in [-0.15, -0.1) is 0 Å². The number of ether oxygens (including phenoxy) is 2. The molecular formula is C15H14FN3O2. The second-order valence-electron chi connectivity index (χ2n) is 4.49. The van der Waals surface area contributed by atoms with E-state index in [0.717, 1.165) is 5.56 Å². The Morgan fingerprint density at radius 3 is 2.57 bits per heavy atom. The highest BCUT2D eigenvalue weighted by molar-refractivity contribution is 5.76. The monoisotopic (exact) mass is 287 g/mol. The second-order valence-corrected chi connectivity index (χ2v) is 4.49. The number of pyridine rings is 1. The lowest BCUT2D eigenvalue weighted by molar-refractivity contribution is 0.355. The molecular weight excluding hydrogens is 273 g/mol. The van der Waals surface area contributed by atoms with Crippen LogP contribution in [0.1, 0.15) is 0 Å². The molecule has 0 spiro atoms. The number of nitrogen functional groups attached to an aromatic ring is 1. The number of hydrogen-bond acceptors (Lipinski definition) is 4. The Morgan fingerprint density at radius 1 is 1.10 bits per heavy atom. The van der Waals surface area contributed by atoms with Gasteiger partial charge in [0.1, 0.15) is 23.0 Å². The lowest BCUT2D eigenvalue weighted by Gasteiger charge is -2.08. The summed E-state index contributed by atoms with van der Waals surface area (Å²) in [6.07, 6.45) is 1.31. The summed E-state index contributed by atoms with van der Waals surface area (Å²) in [5, 5.41) is 0. The summed E-state index contributed by atoms with van der Waals surface area (Å²) >= 11 is 0. The van der Waals surface area contributed by atoms with E-state index in [0.29, 0.717) is 28.7 Å².